The van der Waals surface area contributed by atoms with Gasteiger partial charge >= 0.3 is 0 Å². The molecule has 6 nitrogen and oxygen atoms in total. The van der Waals surface area contributed by atoms with Gasteiger partial charge in [0.25, 0.3) is 0 Å². The van der Waals surface area contributed by atoms with Crippen molar-refractivity contribution in [1.82, 2.24) is 14.1 Å². The Kier molecular flexibility index (Phi) is 11.5. The first kappa shape index (κ1) is 48.8. The molecule has 1 aliphatic heterocycles. The topological polar surface area (TPSA) is 38.5 Å². The van der Waals surface area contributed by atoms with E-state index in [9.17, 15) is 0 Å². The van der Waals surface area contributed by atoms with Gasteiger partial charge in [0.2, 0.25) is 0 Å². The van der Waals surface area contributed by atoms with Gasteiger partial charge in [0.1, 0.15) is 24.0 Å². The van der Waals surface area contributed by atoms with Crippen molar-refractivity contribution in [3.63, 3.8) is 0 Å². The number of hydrogen-bond donors (Lipinski definition) is 0. The van der Waals surface area contributed by atoms with Crippen LogP contribution in [0.4, 0.5) is 22.7 Å². The molecular weight excluding hydrogens is 951 g/mol. The summed E-state index contributed by atoms with van der Waals surface area (Å²) in [6.45, 7) is 21.3. The standard InChI is InChI=1S/C72H65N5O/c1-70(2,3)50-37-38-73-68(43-50)77-63-36-33-49(47-29-31-48(32-30-47)58-24-18-28-66-69(58)60-23-13-14-25-62(60)76(66)53-19-11-10-12-20-53)39-61(63)59-35-34-57(45-67(59)77)78-56-22-17-21-54(44-56)74-46-75(65-27-16-15-26-64(65)74)55-41-51(71(4,5)6)40-52(42-55)72(7,8)9/h10-45H,46H2,1-9H3. The highest BCUT2D eigenvalue weighted by Gasteiger charge is 2.31. The summed E-state index contributed by atoms with van der Waals surface area (Å²) in [6.07, 6.45) is 1.94. The van der Waals surface area contributed by atoms with Crippen molar-refractivity contribution >= 4 is 66.4 Å². The van der Waals surface area contributed by atoms with E-state index in [2.05, 4.69) is 294 Å². The summed E-state index contributed by atoms with van der Waals surface area (Å²) < 4.78 is 11.6. The Morgan fingerprint density at radius 1 is 0.372 bits per heavy atom. The van der Waals surface area contributed by atoms with E-state index in [1.54, 1.807) is 0 Å². The maximum Gasteiger partial charge on any atom is 0.137 e. The van der Waals surface area contributed by atoms with Crippen molar-refractivity contribution in [2.45, 2.75) is 78.6 Å². The molecule has 0 atom stereocenters. The zero-order chi connectivity index (χ0) is 53.7. The highest BCUT2D eigenvalue weighted by molar-refractivity contribution is 6.16. The van der Waals surface area contributed by atoms with E-state index in [1.807, 2.05) is 6.20 Å². The number of pyridine rings is 1. The van der Waals surface area contributed by atoms with Gasteiger partial charge in [-0.15, -0.1) is 0 Å². The summed E-state index contributed by atoms with van der Waals surface area (Å²) in [5.41, 5.74) is 18.9. The van der Waals surface area contributed by atoms with Crippen molar-refractivity contribution in [1.29, 1.82) is 0 Å². The maximum absolute atomic E-state index is 6.90. The van der Waals surface area contributed by atoms with Gasteiger partial charge in [0.15, 0.2) is 0 Å². The molecule has 0 aliphatic carbocycles. The van der Waals surface area contributed by atoms with E-state index in [0.717, 1.165) is 61.6 Å². The van der Waals surface area contributed by atoms with Gasteiger partial charge in [-0.25, -0.2) is 4.98 Å². The lowest BCUT2D eigenvalue weighted by molar-refractivity contribution is 0.483. The summed E-state index contributed by atoms with van der Waals surface area (Å²) >= 11 is 0. The molecule has 0 amide bonds. The third-order valence-corrected chi connectivity index (χ3v) is 15.9. The predicted molar refractivity (Wildman–Crippen MR) is 328 cm³/mol. The van der Waals surface area contributed by atoms with E-state index in [0.29, 0.717) is 6.67 Å². The smallest absolute Gasteiger partial charge is 0.137 e. The number of fused-ring (bicyclic) bond motifs is 7. The average Bonchev–Trinajstić information content (AvgIpc) is 4.11. The number of anilines is 4. The van der Waals surface area contributed by atoms with Crippen LogP contribution in [0.3, 0.4) is 0 Å². The van der Waals surface area contributed by atoms with E-state index in [-0.39, 0.29) is 16.2 Å². The van der Waals surface area contributed by atoms with Crippen LogP contribution >= 0.6 is 0 Å². The van der Waals surface area contributed by atoms with Crippen molar-refractivity contribution < 1.29 is 4.74 Å². The van der Waals surface area contributed by atoms with E-state index >= 15 is 0 Å². The molecule has 0 N–H and O–H groups in total. The van der Waals surface area contributed by atoms with Gasteiger partial charge in [-0.1, -0.05) is 165 Å². The van der Waals surface area contributed by atoms with Gasteiger partial charge in [0, 0.05) is 56.9 Å². The monoisotopic (exact) mass is 1020 g/mol. The fourth-order valence-corrected chi connectivity index (χ4v) is 11.6. The Morgan fingerprint density at radius 2 is 0.974 bits per heavy atom. The van der Waals surface area contributed by atoms with Crippen LogP contribution in [-0.4, -0.2) is 20.8 Å². The fourth-order valence-electron chi connectivity index (χ4n) is 11.6. The Hall–Kier alpha value is -8.87. The minimum Gasteiger partial charge on any atom is -0.457 e. The molecule has 0 spiro atoms. The summed E-state index contributed by atoms with van der Waals surface area (Å²) in [5, 5.41) is 4.79. The minimum atomic E-state index is -0.0573. The molecule has 78 heavy (non-hydrogen) atoms. The van der Waals surface area contributed by atoms with Crippen molar-refractivity contribution in [3.05, 3.63) is 235 Å². The molecule has 12 aromatic rings. The Morgan fingerprint density at radius 3 is 1.71 bits per heavy atom. The highest BCUT2D eigenvalue weighted by atomic mass is 16.5. The van der Waals surface area contributed by atoms with Crippen LogP contribution in [0.5, 0.6) is 11.5 Å². The minimum absolute atomic E-state index is 0.00716. The number of ether oxygens (including phenoxy) is 1. The molecular formula is C72H65N5O. The number of rotatable bonds is 8. The Labute approximate surface area is 458 Å². The van der Waals surface area contributed by atoms with Crippen LogP contribution in [0.25, 0.3) is 77.4 Å². The molecule has 1 aliphatic rings. The zero-order valence-electron chi connectivity index (χ0n) is 46.1. The van der Waals surface area contributed by atoms with Crippen LogP contribution in [-0.2, 0) is 16.2 Å². The number of benzene rings is 9. The van der Waals surface area contributed by atoms with Gasteiger partial charge in [-0.05, 0) is 152 Å². The summed E-state index contributed by atoms with van der Waals surface area (Å²) in [5.74, 6) is 2.40. The highest BCUT2D eigenvalue weighted by Crippen LogP contribution is 2.47. The van der Waals surface area contributed by atoms with E-state index < -0.39 is 0 Å². The van der Waals surface area contributed by atoms with Gasteiger partial charge in [-0.3, -0.25) is 4.57 Å². The summed E-state index contributed by atoms with van der Waals surface area (Å²) in [7, 11) is 0. The molecule has 9 aromatic carbocycles. The average molecular weight is 1020 g/mol. The van der Waals surface area contributed by atoms with E-state index in [1.165, 1.54) is 66.7 Å². The first-order chi connectivity index (χ1) is 37.5. The number of para-hydroxylation sites is 4. The molecule has 0 saturated heterocycles. The summed E-state index contributed by atoms with van der Waals surface area (Å²) in [6, 6.07) is 77.3. The van der Waals surface area contributed by atoms with Crippen LogP contribution in [0, 0.1) is 0 Å². The van der Waals surface area contributed by atoms with Crippen molar-refractivity contribution in [2.24, 2.45) is 0 Å². The Balaban J connectivity index is 0.856. The molecule has 3 aromatic heterocycles. The number of nitrogens with zero attached hydrogens (tertiary/aromatic N) is 5. The van der Waals surface area contributed by atoms with Gasteiger partial charge < -0.3 is 19.1 Å². The largest absolute Gasteiger partial charge is 0.457 e. The molecule has 0 bridgehead atoms. The quantitative estimate of drug-likeness (QED) is 0.152. The fraction of sp³-hybridized carbons (Fsp3) is 0.181. The van der Waals surface area contributed by atoms with Crippen LogP contribution in [0.15, 0.2) is 219 Å². The molecule has 0 saturated carbocycles. The lowest BCUT2D eigenvalue weighted by Crippen LogP contribution is -2.25. The van der Waals surface area contributed by atoms with Crippen molar-refractivity contribution in [2.75, 3.05) is 16.5 Å². The summed E-state index contributed by atoms with van der Waals surface area (Å²) in [4.78, 5) is 9.89. The second-order valence-corrected chi connectivity index (χ2v) is 24.2. The first-order valence-corrected chi connectivity index (χ1v) is 27.4. The number of aromatic nitrogens is 3. The second-order valence-electron chi connectivity index (χ2n) is 24.2. The molecule has 6 heteroatoms. The van der Waals surface area contributed by atoms with Gasteiger partial charge in [-0.2, -0.15) is 0 Å². The molecule has 0 radical (unpaired) electrons. The lowest BCUT2D eigenvalue weighted by atomic mass is 9.80. The van der Waals surface area contributed by atoms with Gasteiger partial charge in [0.05, 0.1) is 33.4 Å². The first-order valence-electron chi connectivity index (χ1n) is 27.4. The van der Waals surface area contributed by atoms with Crippen LogP contribution < -0.4 is 14.5 Å². The predicted octanol–water partition coefficient (Wildman–Crippen LogP) is 19.5. The second kappa shape index (κ2) is 18.4. The SMILES string of the molecule is CC(C)(C)c1cc(N2CN(c3cccc(Oc4ccc5c6cc(-c7ccc(-c8cccc9c8c8ccccc8n9-c8ccccc8)cc7)ccc6n(-c6cc(C(C)(C)C)ccn6)c5c4)c3)c3ccccc32)cc(C(C)(C)C)c1. The third kappa shape index (κ3) is 8.57. The van der Waals surface area contributed by atoms with Crippen LogP contribution in [0.2, 0.25) is 0 Å². The molecule has 4 heterocycles. The van der Waals surface area contributed by atoms with Crippen LogP contribution in [0.1, 0.15) is 79.0 Å². The van der Waals surface area contributed by atoms with Crippen molar-refractivity contribution in [3.8, 4) is 45.3 Å². The third-order valence-electron chi connectivity index (χ3n) is 15.9. The lowest BCUT2D eigenvalue weighted by Gasteiger charge is -2.29. The molecule has 13 rings (SSSR count). The molecule has 384 valence electrons. The Bertz CT molecular complexity index is 4240. The number of hydrogen-bond acceptors (Lipinski definition) is 4. The van der Waals surface area contributed by atoms with E-state index in [4.69, 9.17) is 9.72 Å². The zero-order valence-corrected chi connectivity index (χ0v) is 46.1. The normalized spacial score (nSPS) is 13.1. The maximum atomic E-state index is 6.90. The molecule has 0 unspecified atom stereocenters. The molecule has 0 fully saturated rings.